The third-order valence-corrected chi connectivity index (χ3v) is 5.37. The number of hydrogen-bond acceptors (Lipinski definition) is 3. The van der Waals surface area contributed by atoms with Gasteiger partial charge in [-0.3, -0.25) is 4.79 Å². The van der Waals surface area contributed by atoms with Crippen LogP contribution in [0.2, 0.25) is 10.0 Å². The standard InChI is InChI=1S/C19H16Cl2N2OS/c1-2-14(12-6-4-3-5-7-12)18(24)23-19-22-17(11-25-19)13-8-9-15(20)16(21)10-13/h3-11,14H,2H2,1H3,(H,22,23,24). The largest absolute Gasteiger partial charge is 0.301 e. The van der Waals surface area contributed by atoms with E-state index in [0.717, 1.165) is 23.2 Å². The van der Waals surface area contributed by atoms with Crippen molar-refractivity contribution in [2.24, 2.45) is 0 Å². The van der Waals surface area contributed by atoms with Gasteiger partial charge in [0.15, 0.2) is 5.13 Å². The number of anilines is 1. The van der Waals surface area contributed by atoms with Gasteiger partial charge in [0, 0.05) is 10.9 Å². The Kier molecular flexibility index (Phi) is 5.74. The van der Waals surface area contributed by atoms with E-state index in [4.69, 9.17) is 23.2 Å². The zero-order valence-electron chi connectivity index (χ0n) is 13.5. The lowest BCUT2D eigenvalue weighted by Gasteiger charge is -2.14. The normalized spacial score (nSPS) is 12.0. The number of nitrogens with one attached hydrogen (secondary N) is 1. The van der Waals surface area contributed by atoms with E-state index in [1.807, 2.05) is 48.7 Å². The predicted molar refractivity (Wildman–Crippen MR) is 106 cm³/mol. The van der Waals surface area contributed by atoms with Gasteiger partial charge in [-0.25, -0.2) is 4.98 Å². The van der Waals surface area contributed by atoms with Crippen molar-refractivity contribution in [1.29, 1.82) is 0 Å². The lowest BCUT2D eigenvalue weighted by Crippen LogP contribution is -2.20. The molecule has 0 saturated heterocycles. The Bertz CT molecular complexity index is 880. The maximum absolute atomic E-state index is 12.6. The van der Waals surface area contributed by atoms with E-state index in [9.17, 15) is 4.79 Å². The molecule has 3 aromatic rings. The van der Waals surface area contributed by atoms with E-state index in [0.29, 0.717) is 15.2 Å². The Morgan fingerprint density at radius 1 is 1.16 bits per heavy atom. The van der Waals surface area contributed by atoms with E-state index >= 15 is 0 Å². The molecule has 128 valence electrons. The topological polar surface area (TPSA) is 42.0 Å². The summed E-state index contributed by atoms with van der Waals surface area (Å²) in [7, 11) is 0. The number of aromatic nitrogens is 1. The number of rotatable bonds is 5. The van der Waals surface area contributed by atoms with Crippen LogP contribution in [0, 0.1) is 0 Å². The Labute approximate surface area is 160 Å². The van der Waals surface area contributed by atoms with Crippen molar-refractivity contribution >= 4 is 45.6 Å². The molecule has 3 nitrogen and oxygen atoms in total. The van der Waals surface area contributed by atoms with Gasteiger partial charge in [-0.05, 0) is 24.1 Å². The molecule has 1 amide bonds. The number of carbonyl (C=O) groups is 1. The fourth-order valence-corrected chi connectivity index (χ4v) is 3.59. The van der Waals surface area contributed by atoms with E-state index in [2.05, 4.69) is 10.3 Å². The van der Waals surface area contributed by atoms with E-state index < -0.39 is 0 Å². The average molecular weight is 391 g/mol. The van der Waals surface area contributed by atoms with Crippen LogP contribution in [-0.4, -0.2) is 10.9 Å². The van der Waals surface area contributed by atoms with Gasteiger partial charge >= 0.3 is 0 Å². The molecule has 0 fully saturated rings. The van der Waals surface area contributed by atoms with Gasteiger partial charge in [0.1, 0.15) is 0 Å². The molecule has 1 aromatic heterocycles. The smallest absolute Gasteiger partial charge is 0.233 e. The van der Waals surface area contributed by atoms with E-state index in [1.165, 1.54) is 11.3 Å². The van der Waals surface area contributed by atoms with Gasteiger partial charge in [0.2, 0.25) is 5.91 Å². The molecule has 0 bridgehead atoms. The molecule has 0 spiro atoms. The molecular formula is C19H16Cl2N2OS. The zero-order chi connectivity index (χ0) is 17.8. The second-order valence-electron chi connectivity index (χ2n) is 5.53. The quantitative estimate of drug-likeness (QED) is 0.559. The molecule has 0 aliphatic heterocycles. The monoisotopic (exact) mass is 390 g/mol. The number of hydrogen-bond donors (Lipinski definition) is 1. The molecule has 0 aliphatic carbocycles. The molecule has 0 aliphatic rings. The second-order valence-corrected chi connectivity index (χ2v) is 7.20. The van der Waals surface area contributed by atoms with Crippen molar-refractivity contribution in [3.63, 3.8) is 0 Å². The first-order chi connectivity index (χ1) is 12.1. The predicted octanol–water partition coefficient (Wildman–Crippen LogP) is 6.25. The average Bonchev–Trinajstić information content (AvgIpc) is 3.07. The molecule has 0 radical (unpaired) electrons. The summed E-state index contributed by atoms with van der Waals surface area (Å²) in [5.41, 5.74) is 2.62. The number of nitrogens with zero attached hydrogens (tertiary/aromatic N) is 1. The van der Waals surface area contributed by atoms with Crippen molar-refractivity contribution < 1.29 is 4.79 Å². The lowest BCUT2D eigenvalue weighted by atomic mass is 9.96. The number of benzene rings is 2. The Balaban J connectivity index is 1.76. The van der Waals surface area contributed by atoms with Crippen LogP contribution in [-0.2, 0) is 4.79 Å². The van der Waals surface area contributed by atoms with Gasteiger partial charge in [0.25, 0.3) is 0 Å². The number of amides is 1. The van der Waals surface area contributed by atoms with Crippen LogP contribution >= 0.6 is 34.5 Å². The van der Waals surface area contributed by atoms with Gasteiger partial charge in [0.05, 0.1) is 21.7 Å². The third-order valence-electron chi connectivity index (χ3n) is 3.88. The highest BCUT2D eigenvalue weighted by Gasteiger charge is 2.19. The van der Waals surface area contributed by atoms with Crippen LogP contribution in [0.25, 0.3) is 11.3 Å². The summed E-state index contributed by atoms with van der Waals surface area (Å²) in [5, 5.41) is 6.36. The van der Waals surface area contributed by atoms with Gasteiger partial charge in [-0.1, -0.05) is 66.5 Å². The first-order valence-electron chi connectivity index (χ1n) is 7.85. The molecule has 1 atom stereocenters. The lowest BCUT2D eigenvalue weighted by molar-refractivity contribution is -0.117. The summed E-state index contributed by atoms with van der Waals surface area (Å²) in [4.78, 5) is 17.1. The number of halogens is 2. The molecule has 1 N–H and O–H groups in total. The summed E-state index contributed by atoms with van der Waals surface area (Å²) in [6, 6.07) is 15.1. The highest BCUT2D eigenvalue weighted by Crippen LogP contribution is 2.31. The third kappa shape index (κ3) is 4.21. The maximum Gasteiger partial charge on any atom is 0.233 e. The van der Waals surface area contributed by atoms with Gasteiger partial charge in [-0.2, -0.15) is 0 Å². The minimum absolute atomic E-state index is 0.0521. The van der Waals surface area contributed by atoms with Crippen LogP contribution in [0.4, 0.5) is 5.13 Å². The summed E-state index contributed by atoms with van der Waals surface area (Å²) in [5.74, 6) is -0.248. The number of carbonyl (C=O) groups excluding carboxylic acids is 1. The van der Waals surface area contributed by atoms with Crippen molar-refractivity contribution in [2.45, 2.75) is 19.3 Å². The minimum Gasteiger partial charge on any atom is -0.301 e. The fraction of sp³-hybridized carbons (Fsp3) is 0.158. The molecule has 6 heteroatoms. The molecular weight excluding hydrogens is 375 g/mol. The summed E-state index contributed by atoms with van der Waals surface area (Å²) >= 11 is 13.4. The maximum atomic E-state index is 12.6. The van der Waals surface area contributed by atoms with Crippen LogP contribution in [0.15, 0.2) is 53.9 Å². The molecule has 1 unspecified atom stereocenters. The summed E-state index contributed by atoms with van der Waals surface area (Å²) in [6.07, 6.45) is 0.723. The molecule has 1 heterocycles. The molecule has 25 heavy (non-hydrogen) atoms. The molecule has 0 saturated carbocycles. The Morgan fingerprint density at radius 2 is 1.92 bits per heavy atom. The first-order valence-corrected chi connectivity index (χ1v) is 9.48. The van der Waals surface area contributed by atoms with E-state index in [1.54, 1.807) is 12.1 Å². The van der Waals surface area contributed by atoms with Crippen molar-refractivity contribution in [2.75, 3.05) is 5.32 Å². The summed E-state index contributed by atoms with van der Waals surface area (Å²) in [6.45, 7) is 2.00. The first kappa shape index (κ1) is 17.9. The second kappa shape index (κ2) is 8.00. The highest BCUT2D eigenvalue weighted by molar-refractivity contribution is 7.14. The SMILES string of the molecule is CCC(C(=O)Nc1nc(-c2ccc(Cl)c(Cl)c2)cs1)c1ccccc1. The fourth-order valence-electron chi connectivity index (χ4n) is 2.57. The molecule has 2 aromatic carbocycles. The van der Waals surface area contributed by atoms with Crippen molar-refractivity contribution in [3.8, 4) is 11.3 Å². The van der Waals surface area contributed by atoms with Crippen LogP contribution in [0.1, 0.15) is 24.8 Å². The van der Waals surface area contributed by atoms with E-state index in [-0.39, 0.29) is 11.8 Å². The van der Waals surface area contributed by atoms with Gasteiger partial charge < -0.3 is 5.32 Å². The van der Waals surface area contributed by atoms with Crippen molar-refractivity contribution in [3.05, 3.63) is 69.5 Å². The van der Waals surface area contributed by atoms with Gasteiger partial charge in [-0.15, -0.1) is 11.3 Å². The van der Waals surface area contributed by atoms with Crippen LogP contribution < -0.4 is 5.32 Å². The highest BCUT2D eigenvalue weighted by atomic mass is 35.5. The zero-order valence-corrected chi connectivity index (χ0v) is 15.8. The summed E-state index contributed by atoms with van der Waals surface area (Å²) < 4.78 is 0. The Morgan fingerprint density at radius 3 is 2.60 bits per heavy atom. The van der Waals surface area contributed by atoms with Crippen molar-refractivity contribution in [1.82, 2.24) is 4.98 Å². The van der Waals surface area contributed by atoms with Crippen LogP contribution in [0.3, 0.4) is 0 Å². The van der Waals surface area contributed by atoms with Crippen LogP contribution in [0.5, 0.6) is 0 Å². The minimum atomic E-state index is -0.196. The number of thiazole rings is 1. The molecule has 3 rings (SSSR count). The Hall–Kier alpha value is -1.88.